The Hall–Kier alpha value is -3.84. The second-order valence-corrected chi connectivity index (χ2v) is 16.3. The third-order valence-electron chi connectivity index (χ3n) is 12.4. The van der Waals surface area contributed by atoms with E-state index in [1.165, 1.54) is 31.4 Å². The number of nitrogens with zero attached hydrogens (tertiary/aromatic N) is 1. The molecule has 3 heterocycles. The largest absolute Gasteiger partial charge is 0.507 e. The van der Waals surface area contributed by atoms with Crippen LogP contribution in [0, 0.1) is 0 Å². The Kier molecular flexibility index (Phi) is 11.9. The maximum atomic E-state index is 13.9. The highest BCUT2D eigenvalue weighted by Gasteiger charge is 2.53. The van der Waals surface area contributed by atoms with Gasteiger partial charge in [0.2, 0.25) is 5.78 Å². The van der Waals surface area contributed by atoms with Gasteiger partial charge in [0.05, 0.1) is 48.3 Å². The predicted octanol–water partition coefficient (Wildman–Crippen LogP) is 3.16. The van der Waals surface area contributed by atoms with Gasteiger partial charge in [-0.25, -0.2) is 0 Å². The smallest absolute Gasteiger partial charge is 0.316 e. The summed E-state index contributed by atoms with van der Waals surface area (Å²) in [4.78, 5) is 55.0. The molecule has 0 aromatic heterocycles. The molecule has 0 radical (unpaired) electrons. The minimum atomic E-state index is -1.76. The maximum absolute atomic E-state index is 13.9. The molecule has 316 valence electrons. The number of ether oxygens (including phenoxy) is 7. The fourth-order valence-corrected chi connectivity index (χ4v) is 9.27. The Morgan fingerprint density at radius 2 is 1.57 bits per heavy atom. The van der Waals surface area contributed by atoms with E-state index < -0.39 is 102 Å². The Bertz CT molecular complexity index is 1940. The summed E-state index contributed by atoms with van der Waals surface area (Å²) in [5.41, 5.74) is -2.49. The van der Waals surface area contributed by atoms with Crippen LogP contribution in [0.15, 0.2) is 24.3 Å². The van der Waals surface area contributed by atoms with Crippen molar-refractivity contribution >= 4 is 23.3 Å². The number of rotatable bonds is 9. The van der Waals surface area contributed by atoms with Crippen molar-refractivity contribution in [3.05, 3.63) is 57.6 Å². The van der Waals surface area contributed by atoms with Crippen molar-refractivity contribution in [2.24, 2.45) is 0 Å². The molecule has 0 saturated carbocycles. The fraction of sp³-hybridized carbons (Fsp3) is 0.619. The molecule has 0 bridgehead atoms. The molecule has 13 atom stereocenters. The Morgan fingerprint density at radius 3 is 2.21 bits per heavy atom. The lowest BCUT2D eigenvalue weighted by Crippen LogP contribution is -2.58. The van der Waals surface area contributed by atoms with E-state index in [9.17, 15) is 39.6 Å². The van der Waals surface area contributed by atoms with Crippen LogP contribution in [-0.4, -0.2) is 137 Å². The summed E-state index contributed by atoms with van der Waals surface area (Å²) >= 11 is 0. The first-order valence-corrected chi connectivity index (χ1v) is 19.9. The van der Waals surface area contributed by atoms with E-state index in [0.717, 1.165) is 0 Å². The molecule has 16 heteroatoms. The van der Waals surface area contributed by atoms with E-state index in [-0.39, 0.29) is 70.9 Å². The maximum Gasteiger partial charge on any atom is 0.316 e. The summed E-state index contributed by atoms with van der Waals surface area (Å²) in [6.07, 6.45) is -6.64. The SMILES string of the molecule is CC[C@]1(O)C[C@H](O[C@@H]2C[C@H](N(C)C)[C@H](O[C@@H]3C[C@H](O)[C@H](O[C@@H]4CCC(=O)[C@H](C)O4)[C@@H](C)O3)[C@@H](C)O2)c2c(cc3c(c2O)C(=O)c2c(O)cccc2C3=O)[C@@H]1C(=O)OC. The van der Waals surface area contributed by atoms with Crippen molar-refractivity contribution in [1.29, 1.82) is 0 Å². The number of fused-ring (bicyclic) bond motifs is 3. The average molecular weight is 812 g/mol. The van der Waals surface area contributed by atoms with Crippen LogP contribution in [-0.2, 0) is 42.7 Å². The Balaban J connectivity index is 1.13. The molecule has 3 fully saturated rings. The summed E-state index contributed by atoms with van der Waals surface area (Å²) in [7, 11) is 4.91. The highest BCUT2D eigenvalue weighted by Crippen LogP contribution is 2.54. The van der Waals surface area contributed by atoms with Gasteiger partial charge >= 0.3 is 5.97 Å². The number of phenolic OH excluding ortho intramolecular Hbond substituents is 2. The van der Waals surface area contributed by atoms with Crippen molar-refractivity contribution in [2.75, 3.05) is 21.2 Å². The Labute approximate surface area is 336 Å². The number of aliphatic hydroxyl groups is 2. The highest BCUT2D eigenvalue weighted by atomic mass is 16.7. The quantitative estimate of drug-likeness (QED) is 0.228. The van der Waals surface area contributed by atoms with Crippen molar-refractivity contribution in [3.63, 3.8) is 0 Å². The molecule has 2 aromatic carbocycles. The number of likely N-dealkylation sites (N-methyl/N-ethyl adjacent to an activating group) is 1. The van der Waals surface area contributed by atoms with Gasteiger partial charge in [-0.15, -0.1) is 0 Å². The number of benzene rings is 2. The van der Waals surface area contributed by atoms with Crippen molar-refractivity contribution < 1.29 is 72.8 Å². The van der Waals surface area contributed by atoms with E-state index in [1.54, 1.807) is 27.7 Å². The van der Waals surface area contributed by atoms with Gasteiger partial charge in [-0.05, 0) is 59.0 Å². The standard InChI is InChI=1S/C42H53NO15/c1-8-42(51)17-28(33-22(35(42)41(50)52-7)14-23-34(38(33)49)37(48)32-21(36(23)47)10-9-11-26(32)45)56-30-15-24(43(5)6)39(19(3)54-30)58-31-16-27(46)40(20(4)55-31)57-29-13-12-25(44)18(2)53-29/h9-11,14,18-20,24,27-31,35,39-40,45-46,49,51H,8,12-13,15-17H2,1-7H3/t18-,19+,20+,24-,27-,28-,29+,30+,31+,35+,39+,40+,42-/m0/s1. The average Bonchev–Trinajstić information content (AvgIpc) is 3.17. The summed E-state index contributed by atoms with van der Waals surface area (Å²) in [6.45, 7) is 6.95. The van der Waals surface area contributed by atoms with Crippen LogP contribution >= 0.6 is 0 Å². The van der Waals surface area contributed by atoms with Gasteiger partial charge in [0.1, 0.15) is 35.7 Å². The van der Waals surface area contributed by atoms with Crippen LogP contribution in [0.1, 0.15) is 121 Å². The number of Topliss-reactive ketones (excluding diaryl/α,β-unsaturated/α-hetero) is 1. The molecule has 2 aliphatic carbocycles. The van der Waals surface area contributed by atoms with Crippen LogP contribution in [0.4, 0.5) is 0 Å². The Morgan fingerprint density at radius 1 is 0.897 bits per heavy atom. The molecule has 0 unspecified atom stereocenters. The van der Waals surface area contributed by atoms with Crippen LogP contribution in [0.5, 0.6) is 11.5 Å². The van der Waals surface area contributed by atoms with Gasteiger partial charge in [-0.3, -0.25) is 19.2 Å². The van der Waals surface area contributed by atoms with Gasteiger partial charge in [-0.1, -0.05) is 19.1 Å². The molecule has 3 saturated heterocycles. The van der Waals surface area contributed by atoms with Gasteiger partial charge < -0.3 is 58.5 Å². The third kappa shape index (κ3) is 7.47. The molecule has 0 spiro atoms. The first-order valence-electron chi connectivity index (χ1n) is 19.9. The molecule has 0 amide bonds. The van der Waals surface area contributed by atoms with E-state index in [4.69, 9.17) is 33.2 Å². The number of hydrogen-bond acceptors (Lipinski definition) is 16. The molecule has 58 heavy (non-hydrogen) atoms. The summed E-state index contributed by atoms with van der Waals surface area (Å²) in [6, 6.07) is 5.11. The van der Waals surface area contributed by atoms with Crippen LogP contribution < -0.4 is 0 Å². The number of esters is 1. The number of aromatic hydroxyl groups is 2. The number of ketones is 3. The second-order valence-electron chi connectivity index (χ2n) is 16.3. The van der Waals surface area contributed by atoms with Crippen LogP contribution in [0.2, 0.25) is 0 Å². The number of aliphatic hydroxyl groups excluding tert-OH is 1. The molecular weight excluding hydrogens is 758 g/mol. The lowest BCUT2D eigenvalue weighted by atomic mass is 9.67. The zero-order chi connectivity index (χ0) is 42.0. The van der Waals surface area contributed by atoms with E-state index >= 15 is 0 Å². The summed E-state index contributed by atoms with van der Waals surface area (Å²) in [5, 5.41) is 45.9. The lowest BCUT2D eigenvalue weighted by Gasteiger charge is -2.48. The molecular formula is C42H53NO15. The van der Waals surface area contributed by atoms with Crippen molar-refractivity contribution in [2.45, 2.75) is 145 Å². The molecule has 5 aliphatic rings. The number of hydrogen-bond donors (Lipinski definition) is 4. The van der Waals surface area contributed by atoms with E-state index in [2.05, 4.69) is 0 Å². The van der Waals surface area contributed by atoms with Gasteiger partial charge in [0, 0.05) is 54.8 Å². The number of carbonyl (C=O) groups is 4. The number of phenols is 2. The lowest BCUT2D eigenvalue weighted by molar-refractivity contribution is -0.324. The van der Waals surface area contributed by atoms with Crippen LogP contribution in [0.3, 0.4) is 0 Å². The van der Waals surface area contributed by atoms with Gasteiger partial charge in [-0.2, -0.15) is 0 Å². The normalized spacial score (nSPS) is 36.3. The zero-order valence-electron chi connectivity index (χ0n) is 33.7. The van der Waals surface area contributed by atoms with Gasteiger partial charge in [0.15, 0.2) is 30.4 Å². The zero-order valence-corrected chi connectivity index (χ0v) is 33.7. The topological polar surface area (TPSA) is 217 Å². The highest BCUT2D eigenvalue weighted by molar-refractivity contribution is 6.30. The minimum Gasteiger partial charge on any atom is -0.507 e. The van der Waals surface area contributed by atoms with Gasteiger partial charge in [0.25, 0.3) is 0 Å². The third-order valence-corrected chi connectivity index (χ3v) is 12.4. The minimum absolute atomic E-state index is 0.00573. The number of methoxy groups -OCH3 is 1. The van der Waals surface area contributed by atoms with E-state index in [1.807, 2.05) is 19.0 Å². The molecule has 7 rings (SSSR count). The molecule has 3 aliphatic heterocycles. The van der Waals surface area contributed by atoms with Crippen LogP contribution in [0.25, 0.3) is 0 Å². The summed E-state index contributed by atoms with van der Waals surface area (Å²) < 4.78 is 42.6. The molecule has 2 aromatic rings. The second kappa shape index (κ2) is 16.3. The fourth-order valence-electron chi connectivity index (χ4n) is 9.27. The molecule has 16 nitrogen and oxygen atoms in total. The monoisotopic (exact) mass is 811 g/mol. The first kappa shape index (κ1) is 42.3. The predicted molar refractivity (Wildman–Crippen MR) is 201 cm³/mol. The summed E-state index contributed by atoms with van der Waals surface area (Å²) in [5.74, 6) is -4.59. The molecule has 4 N–H and O–H groups in total. The van der Waals surface area contributed by atoms with Crippen molar-refractivity contribution in [1.82, 2.24) is 4.90 Å². The first-order chi connectivity index (χ1) is 27.5. The van der Waals surface area contributed by atoms with E-state index in [0.29, 0.717) is 12.8 Å². The number of carbonyl (C=O) groups excluding carboxylic acids is 4. The van der Waals surface area contributed by atoms with Crippen molar-refractivity contribution in [3.8, 4) is 11.5 Å².